The van der Waals surface area contributed by atoms with E-state index in [0.29, 0.717) is 31.6 Å². The van der Waals surface area contributed by atoms with Crippen LogP contribution in [0.25, 0.3) is 0 Å². The molecule has 1 saturated heterocycles. The van der Waals surface area contributed by atoms with Crippen LogP contribution in [-0.4, -0.2) is 53.2 Å². The molecular weight excluding hydrogens is 421 g/mol. The topological polar surface area (TPSA) is 62.2 Å². The second-order valence-electron chi connectivity index (χ2n) is 8.63. The summed E-state index contributed by atoms with van der Waals surface area (Å²) in [4.78, 5) is 27.8. The molecule has 33 heavy (non-hydrogen) atoms. The van der Waals surface area contributed by atoms with E-state index in [1.165, 1.54) is 11.1 Å². The molecule has 1 amide bonds. The summed E-state index contributed by atoms with van der Waals surface area (Å²) in [6.07, 6.45) is 2.93. The molecule has 4 rings (SSSR count). The zero-order valence-corrected chi connectivity index (χ0v) is 19.2. The number of ether oxygens (including phenoxy) is 1. The minimum Gasteiger partial charge on any atom is -0.465 e. The van der Waals surface area contributed by atoms with E-state index in [9.17, 15) is 14.0 Å². The van der Waals surface area contributed by atoms with E-state index in [4.69, 9.17) is 4.74 Å². The van der Waals surface area contributed by atoms with Crippen molar-refractivity contribution in [2.75, 3.05) is 19.7 Å². The second kappa shape index (κ2) is 10.3. The van der Waals surface area contributed by atoms with Gasteiger partial charge in [0.15, 0.2) is 0 Å². The number of halogens is 1. The van der Waals surface area contributed by atoms with Crippen molar-refractivity contribution in [1.82, 2.24) is 9.91 Å². The van der Waals surface area contributed by atoms with Crippen LogP contribution >= 0.6 is 0 Å². The molecule has 6 nitrogen and oxygen atoms in total. The third-order valence-electron chi connectivity index (χ3n) is 6.29. The molecule has 0 bridgehead atoms. The van der Waals surface area contributed by atoms with Crippen molar-refractivity contribution in [3.63, 3.8) is 0 Å². The maximum absolute atomic E-state index is 14.7. The van der Waals surface area contributed by atoms with Crippen molar-refractivity contribution in [3.8, 4) is 0 Å². The van der Waals surface area contributed by atoms with Crippen LogP contribution in [0, 0.1) is 12.7 Å². The first-order chi connectivity index (χ1) is 16.0. The molecule has 2 aromatic rings. The summed E-state index contributed by atoms with van der Waals surface area (Å²) < 4.78 is 20.0. The highest BCUT2D eigenvalue weighted by molar-refractivity contribution is 6.03. The largest absolute Gasteiger partial charge is 0.465 e. The van der Waals surface area contributed by atoms with Gasteiger partial charge >= 0.3 is 5.97 Å². The Hall–Kier alpha value is -3.06. The summed E-state index contributed by atoms with van der Waals surface area (Å²) in [5, 5.41) is 6.07. The first-order valence-electron chi connectivity index (χ1n) is 11.6. The molecule has 174 valence electrons. The van der Waals surface area contributed by atoms with Gasteiger partial charge in [-0.2, -0.15) is 5.10 Å². The fraction of sp³-hybridized carbons (Fsp3) is 0.423. The molecule has 0 spiro atoms. The first-order valence-corrected chi connectivity index (χ1v) is 11.6. The summed E-state index contributed by atoms with van der Waals surface area (Å²) in [6.45, 7) is 4.77. The fourth-order valence-corrected chi connectivity index (χ4v) is 4.66. The lowest BCUT2D eigenvalue weighted by Gasteiger charge is -2.34. The molecule has 0 N–H and O–H groups in total. The van der Waals surface area contributed by atoms with Gasteiger partial charge in [-0.1, -0.05) is 54.4 Å². The third kappa shape index (κ3) is 5.14. The summed E-state index contributed by atoms with van der Waals surface area (Å²) in [6, 6.07) is 13.5. The molecule has 1 fully saturated rings. The van der Waals surface area contributed by atoms with Gasteiger partial charge in [0.2, 0.25) is 0 Å². The van der Waals surface area contributed by atoms with E-state index >= 15 is 0 Å². The zero-order valence-electron chi connectivity index (χ0n) is 19.2. The number of aryl methyl sites for hydroxylation is 1. The lowest BCUT2D eigenvalue weighted by Crippen LogP contribution is -2.49. The van der Waals surface area contributed by atoms with E-state index in [1.54, 1.807) is 25.1 Å². The van der Waals surface area contributed by atoms with Gasteiger partial charge in [0, 0.05) is 12.0 Å². The lowest BCUT2D eigenvalue weighted by atomic mass is 9.97. The summed E-state index contributed by atoms with van der Waals surface area (Å²) in [5.41, 5.74) is 3.21. The Balaban J connectivity index is 1.61. The molecule has 0 radical (unpaired) electrons. The minimum absolute atomic E-state index is 0.0407. The van der Waals surface area contributed by atoms with Gasteiger partial charge in [0.1, 0.15) is 11.9 Å². The van der Waals surface area contributed by atoms with Crippen molar-refractivity contribution in [3.05, 3.63) is 71.0 Å². The summed E-state index contributed by atoms with van der Waals surface area (Å²) in [5.74, 6) is -0.897. The molecule has 2 aromatic carbocycles. The van der Waals surface area contributed by atoms with E-state index < -0.39 is 12.1 Å². The maximum Gasteiger partial charge on any atom is 0.323 e. The third-order valence-corrected chi connectivity index (χ3v) is 6.29. The van der Waals surface area contributed by atoms with Crippen molar-refractivity contribution in [1.29, 1.82) is 0 Å². The number of hydrogen-bond donors (Lipinski definition) is 0. The van der Waals surface area contributed by atoms with Crippen LogP contribution in [0.2, 0.25) is 0 Å². The first kappa shape index (κ1) is 23.1. The molecule has 2 heterocycles. The van der Waals surface area contributed by atoms with Gasteiger partial charge in [-0.05, 0) is 44.9 Å². The standard InChI is InChI=1S/C26H30FN3O3/c1-3-33-26(32)23-13-6-7-14-29(23)17-25(31)30-24(20-11-4-5-12-21(20)27)16-22(28-30)19-10-8-9-18(2)15-19/h4-5,8-12,15,23-24H,3,6-7,13-14,16-17H2,1-2H3/t23-,24-/m1/s1. The van der Waals surface area contributed by atoms with Crippen LogP contribution in [0.1, 0.15) is 55.3 Å². The second-order valence-corrected chi connectivity index (χ2v) is 8.63. The van der Waals surface area contributed by atoms with Crippen LogP contribution in [0.5, 0.6) is 0 Å². The van der Waals surface area contributed by atoms with E-state index in [0.717, 1.165) is 29.7 Å². The monoisotopic (exact) mass is 451 g/mol. The SMILES string of the molecule is CCOC(=O)[C@H]1CCCCN1CC(=O)N1N=C(c2cccc(C)c2)C[C@@H]1c1ccccc1F. The van der Waals surface area contributed by atoms with Gasteiger partial charge in [-0.15, -0.1) is 0 Å². The highest BCUT2D eigenvalue weighted by atomic mass is 19.1. The van der Waals surface area contributed by atoms with Crippen molar-refractivity contribution in [2.45, 2.75) is 51.6 Å². The number of nitrogens with zero attached hydrogens (tertiary/aromatic N) is 3. The Kier molecular flexibility index (Phi) is 7.18. The minimum atomic E-state index is -0.528. The number of amides is 1. The van der Waals surface area contributed by atoms with Crippen molar-refractivity contribution in [2.24, 2.45) is 5.10 Å². The number of carbonyl (C=O) groups is 2. The average molecular weight is 452 g/mol. The predicted molar refractivity (Wildman–Crippen MR) is 124 cm³/mol. The highest BCUT2D eigenvalue weighted by Crippen LogP contribution is 2.34. The Bertz CT molecular complexity index is 1050. The van der Waals surface area contributed by atoms with Crippen molar-refractivity contribution < 1.29 is 18.7 Å². The molecule has 2 atom stereocenters. The number of piperidine rings is 1. The lowest BCUT2D eigenvalue weighted by molar-refractivity contribution is -0.152. The summed E-state index contributed by atoms with van der Waals surface area (Å²) >= 11 is 0. The smallest absolute Gasteiger partial charge is 0.323 e. The van der Waals surface area contributed by atoms with Gasteiger partial charge in [-0.3, -0.25) is 14.5 Å². The van der Waals surface area contributed by atoms with Crippen LogP contribution < -0.4 is 0 Å². The molecule has 0 aromatic heterocycles. The molecule has 2 aliphatic heterocycles. The van der Waals surface area contributed by atoms with E-state index in [-0.39, 0.29) is 24.2 Å². The van der Waals surface area contributed by atoms with Gasteiger partial charge in [0.25, 0.3) is 5.91 Å². The highest BCUT2D eigenvalue weighted by Gasteiger charge is 2.37. The normalized spacial score (nSPS) is 21.1. The number of benzene rings is 2. The number of likely N-dealkylation sites (tertiary alicyclic amines) is 1. The van der Waals surface area contributed by atoms with Gasteiger partial charge in [0.05, 0.1) is 24.9 Å². The number of hydrogen-bond acceptors (Lipinski definition) is 5. The maximum atomic E-state index is 14.7. The molecule has 0 unspecified atom stereocenters. The fourth-order valence-electron chi connectivity index (χ4n) is 4.66. The van der Waals surface area contributed by atoms with Crippen molar-refractivity contribution >= 4 is 17.6 Å². The van der Waals surface area contributed by atoms with Crippen LogP contribution in [0.15, 0.2) is 53.6 Å². The average Bonchev–Trinajstić information content (AvgIpc) is 3.25. The Morgan fingerprint density at radius 1 is 1.15 bits per heavy atom. The Morgan fingerprint density at radius 2 is 1.97 bits per heavy atom. The number of esters is 1. The quantitative estimate of drug-likeness (QED) is 0.617. The number of hydrazone groups is 1. The Morgan fingerprint density at radius 3 is 2.73 bits per heavy atom. The number of carbonyl (C=O) groups excluding carboxylic acids is 2. The molecule has 7 heteroatoms. The molecule has 2 aliphatic rings. The molecule has 0 saturated carbocycles. The zero-order chi connectivity index (χ0) is 23.4. The summed E-state index contributed by atoms with van der Waals surface area (Å²) in [7, 11) is 0. The van der Waals surface area contributed by atoms with Gasteiger partial charge in [-0.25, -0.2) is 9.40 Å². The molecule has 0 aliphatic carbocycles. The van der Waals surface area contributed by atoms with Gasteiger partial charge < -0.3 is 4.74 Å². The van der Waals surface area contributed by atoms with E-state index in [1.807, 2.05) is 36.1 Å². The van der Waals surface area contributed by atoms with E-state index in [2.05, 4.69) is 5.10 Å². The number of rotatable bonds is 6. The Labute approximate surface area is 194 Å². The van der Waals surface area contributed by atoms with Crippen LogP contribution in [0.4, 0.5) is 4.39 Å². The van der Waals surface area contributed by atoms with Crippen LogP contribution in [0.3, 0.4) is 0 Å². The van der Waals surface area contributed by atoms with Crippen LogP contribution in [-0.2, 0) is 14.3 Å². The molecular formula is C26H30FN3O3. The predicted octanol–water partition coefficient (Wildman–Crippen LogP) is 4.23.